The Bertz CT molecular complexity index is 556. The zero-order valence-corrected chi connectivity index (χ0v) is 12.1. The van der Waals surface area contributed by atoms with Gasteiger partial charge in [0.25, 0.3) is 0 Å². The lowest BCUT2D eigenvalue weighted by molar-refractivity contribution is 0.460. The molecule has 0 spiro atoms. The van der Waals surface area contributed by atoms with E-state index in [2.05, 4.69) is 20.8 Å². The van der Waals surface area contributed by atoms with Crippen LogP contribution in [0.5, 0.6) is 0 Å². The number of rotatable bonds is 5. The summed E-state index contributed by atoms with van der Waals surface area (Å²) in [7, 11) is 0. The first-order valence-electron chi connectivity index (χ1n) is 5.82. The third-order valence-electron chi connectivity index (χ3n) is 2.30. The maximum Gasteiger partial charge on any atom is 0.320 e. The van der Waals surface area contributed by atoms with Crippen molar-refractivity contribution in [3.05, 3.63) is 34.1 Å². The van der Waals surface area contributed by atoms with E-state index < -0.39 is 0 Å². The molecule has 102 valence electrons. The van der Waals surface area contributed by atoms with E-state index in [9.17, 15) is 0 Å². The highest BCUT2D eigenvalue weighted by molar-refractivity contribution is 6.35. The maximum absolute atomic E-state index is 6.03. The van der Waals surface area contributed by atoms with Gasteiger partial charge in [0, 0.05) is 11.1 Å². The Kier molecular flexibility index (Phi) is 4.63. The van der Waals surface area contributed by atoms with Gasteiger partial charge in [-0.05, 0) is 18.2 Å². The summed E-state index contributed by atoms with van der Waals surface area (Å²) in [5, 5.41) is 15.0. The summed E-state index contributed by atoms with van der Waals surface area (Å²) in [5.74, 6) is 0.509. The van der Waals surface area contributed by atoms with Gasteiger partial charge in [0.1, 0.15) is 0 Å². The molecular formula is C12H14Cl2N4O. The number of anilines is 2. The van der Waals surface area contributed by atoms with Gasteiger partial charge in [-0.15, -0.1) is 5.10 Å². The summed E-state index contributed by atoms with van der Waals surface area (Å²) in [5.41, 5.74) is 0.626. The first-order chi connectivity index (χ1) is 9.04. The second kappa shape index (κ2) is 6.23. The molecule has 2 N–H and O–H groups in total. The third kappa shape index (κ3) is 4.09. The minimum absolute atomic E-state index is 0.282. The third-order valence-corrected chi connectivity index (χ3v) is 2.86. The Morgan fingerprint density at radius 3 is 2.79 bits per heavy atom. The van der Waals surface area contributed by atoms with Crippen LogP contribution in [0.4, 0.5) is 11.7 Å². The van der Waals surface area contributed by atoms with Crippen molar-refractivity contribution in [3.8, 4) is 0 Å². The number of halogens is 2. The Labute approximate surface area is 121 Å². The van der Waals surface area contributed by atoms with Crippen LogP contribution >= 0.6 is 23.2 Å². The van der Waals surface area contributed by atoms with Crippen LogP contribution in [0.3, 0.4) is 0 Å². The summed E-state index contributed by atoms with van der Waals surface area (Å²) in [6.07, 6.45) is 0. The number of hydrogen-bond acceptors (Lipinski definition) is 5. The smallest absolute Gasteiger partial charge is 0.320 e. The maximum atomic E-state index is 6.03. The molecule has 2 rings (SSSR count). The van der Waals surface area contributed by atoms with Gasteiger partial charge in [-0.25, -0.2) is 0 Å². The Hall–Kier alpha value is -1.30. The van der Waals surface area contributed by atoms with E-state index in [1.54, 1.807) is 18.2 Å². The zero-order valence-electron chi connectivity index (χ0n) is 10.6. The Morgan fingerprint density at radius 2 is 2.05 bits per heavy atom. The average molecular weight is 301 g/mol. The lowest BCUT2D eigenvalue weighted by Crippen LogP contribution is -2.21. The number of aromatic nitrogens is 2. The molecule has 0 radical (unpaired) electrons. The van der Waals surface area contributed by atoms with Gasteiger partial charge >= 0.3 is 6.01 Å². The van der Waals surface area contributed by atoms with Crippen molar-refractivity contribution in [3.63, 3.8) is 0 Å². The van der Waals surface area contributed by atoms with Gasteiger partial charge in [-0.2, -0.15) is 0 Å². The molecule has 0 atom stereocenters. The summed E-state index contributed by atoms with van der Waals surface area (Å²) in [6, 6.07) is 5.74. The van der Waals surface area contributed by atoms with Crippen LogP contribution in [0.25, 0.3) is 0 Å². The molecule has 0 aliphatic rings. The van der Waals surface area contributed by atoms with Gasteiger partial charge < -0.3 is 15.1 Å². The zero-order chi connectivity index (χ0) is 13.8. The number of hydrogen-bond donors (Lipinski definition) is 2. The van der Waals surface area contributed by atoms with Crippen LogP contribution in [0.2, 0.25) is 10.0 Å². The molecule has 1 aromatic carbocycles. The molecule has 5 nitrogen and oxygen atoms in total. The lowest BCUT2D eigenvalue weighted by Gasteiger charge is -2.05. The van der Waals surface area contributed by atoms with Crippen LogP contribution < -0.4 is 10.6 Å². The van der Waals surface area contributed by atoms with Gasteiger partial charge in [0.15, 0.2) is 0 Å². The first kappa shape index (κ1) is 14.1. The highest BCUT2D eigenvalue weighted by Gasteiger charge is 2.09. The van der Waals surface area contributed by atoms with Crippen LogP contribution in [0.1, 0.15) is 19.7 Å². The molecule has 0 saturated heterocycles. The van der Waals surface area contributed by atoms with Crippen LogP contribution in [-0.4, -0.2) is 16.2 Å². The first-order valence-corrected chi connectivity index (χ1v) is 6.58. The summed E-state index contributed by atoms with van der Waals surface area (Å²) in [6.45, 7) is 4.61. The van der Waals surface area contributed by atoms with Crippen LogP contribution in [0, 0.1) is 0 Å². The minimum atomic E-state index is 0.282. The van der Waals surface area contributed by atoms with Gasteiger partial charge in [0.2, 0.25) is 5.89 Å². The van der Waals surface area contributed by atoms with Crippen molar-refractivity contribution in [2.45, 2.75) is 26.4 Å². The molecule has 1 heterocycles. The van der Waals surface area contributed by atoms with Crippen molar-refractivity contribution in [1.29, 1.82) is 0 Å². The molecule has 0 bridgehead atoms. The fourth-order valence-corrected chi connectivity index (χ4v) is 1.71. The van der Waals surface area contributed by atoms with Crippen molar-refractivity contribution in [1.82, 2.24) is 15.5 Å². The predicted molar refractivity (Wildman–Crippen MR) is 76.0 cm³/mol. The molecule has 0 fully saturated rings. The molecular weight excluding hydrogens is 287 g/mol. The van der Waals surface area contributed by atoms with Crippen molar-refractivity contribution < 1.29 is 4.42 Å². The van der Waals surface area contributed by atoms with E-state index in [0.717, 1.165) is 0 Å². The summed E-state index contributed by atoms with van der Waals surface area (Å²) in [4.78, 5) is 0. The second-order valence-electron chi connectivity index (χ2n) is 4.29. The molecule has 0 saturated carbocycles. The number of nitrogens with one attached hydrogen (secondary N) is 2. The standard InChI is InChI=1S/C12H14Cl2N4O/c1-7(2)15-6-11-17-18-12(19-11)16-10-5-8(13)3-4-9(10)14/h3-5,7,15H,6H2,1-2H3,(H,16,18). The van der Waals surface area contributed by atoms with Crippen LogP contribution in [-0.2, 0) is 6.54 Å². The largest absolute Gasteiger partial charge is 0.406 e. The van der Waals surface area contributed by atoms with E-state index >= 15 is 0 Å². The molecule has 1 aromatic heterocycles. The summed E-state index contributed by atoms with van der Waals surface area (Å²) < 4.78 is 5.44. The molecule has 7 heteroatoms. The highest BCUT2D eigenvalue weighted by atomic mass is 35.5. The SMILES string of the molecule is CC(C)NCc1nnc(Nc2cc(Cl)ccc2Cl)o1. The number of benzene rings is 1. The average Bonchev–Trinajstić information content (AvgIpc) is 2.79. The monoisotopic (exact) mass is 300 g/mol. The van der Waals surface area contributed by atoms with Gasteiger partial charge in [0.05, 0.1) is 17.3 Å². The second-order valence-corrected chi connectivity index (χ2v) is 5.13. The van der Waals surface area contributed by atoms with E-state index in [-0.39, 0.29) is 6.01 Å². The fraction of sp³-hybridized carbons (Fsp3) is 0.333. The van der Waals surface area contributed by atoms with Crippen molar-refractivity contribution in [2.75, 3.05) is 5.32 Å². The topological polar surface area (TPSA) is 63.0 Å². The molecule has 19 heavy (non-hydrogen) atoms. The fourth-order valence-electron chi connectivity index (χ4n) is 1.38. The van der Waals surface area contributed by atoms with E-state index in [4.69, 9.17) is 27.6 Å². The predicted octanol–water partition coefficient (Wildman–Crippen LogP) is 3.62. The van der Waals surface area contributed by atoms with Crippen LogP contribution in [0.15, 0.2) is 22.6 Å². The van der Waals surface area contributed by atoms with E-state index in [1.807, 2.05) is 13.8 Å². The molecule has 0 unspecified atom stereocenters. The molecule has 0 amide bonds. The minimum Gasteiger partial charge on any atom is -0.406 e. The Balaban J connectivity index is 2.05. The Morgan fingerprint density at radius 1 is 1.26 bits per heavy atom. The summed E-state index contributed by atoms with van der Waals surface area (Å²) >= 11 is 11.9. The van der Waals surface area contributed by atoms with Gasteiger partial charge in [-0.3, -0.25) is 0 Å². The lowest BCUT2D eigenvalue weighted by atomic mass is 10.3. The normalized spacial score (nSPS) is 11.0. The van der Waals surface area contributed by atoms with E-state index in [0.29, 0.717) is 34.2 Å². The van der Waals surface area contributed by atoms with E-state index in [1.165, 1.54) is 0 Å². The highest BCUT2D eigenvalue weighted by Crippen LogP contribution is 2.27. The van der Waals surface area contributed by atoms with Gasteiger partial charge in [-0.1, -0.05) is 42.1 Å². The van der Waals surface area contributed by atoms with Crippen molar-refractivity contribution >= 4 is 34.9 Å². The van der Waals surface area contributed by atoms with Crippen molar-refractivity contribution in [2.24, 2.45) is 0 Å². The molecule has 0 aliphatic heterocycles. The quantitative estimate of drug-likeness (QED) is 0.883. The molecule has 2 aromatic rings. The number of nitrogens with zero attached hydrogens (tertiary/aromatic N) is 2. The molecule has 0 aliphatic carbocycles.